The summed E-state index contributed by atoms with van der Waals surface area (Å²) in [5.41, 5.74) is 1.84. The van der Waals surface area contributed by atoms with Gasteiger partial charge in [0.15, 0.2) is 0 Å². The van der Waals surface area contributed by atoms with Crippen LogP contribution < -0.4 is 0 Å². The van der Waals surface area contributed by atoms with Crippen LogP contribution in [-0.2, 0) is 0 Å². The molecule has 0 aromatic rings. The van der Waals surface area contributed by atoms with Crippen LogP contribution in [0.25, 0.3) is 0 Å². The van der Waals surface area contributed by atoms with Crippen molar-refractivity contribution in [1.82, 2.24) is 0 Å². The molecule has 0 aliphatic carbocycles. The first kappa shape index (κ1) is 15.9. The Morgan fingerprint density at radius 3 is 1.71 bits per heavy atom. The third kappa shape index (κ3) is 11.4. The van der Waals surface area contributed by atoms with E-state index in [0.717, 1.165) is 24.0 Å². The summed E-state index contributed by atoms with van der Waals surface area (Å²) >= 11 is 0. The Hall–Kier alpha value is -0.600. The van der Waals surface area contributed by atoms with Gasteiger partial charge in [-0.1, -0.05) is 45.9 Å². The fraction of sp³-hybridized carbons (Fsp3) is 0.667. The van der Waals surface area contributed by atoms with E-state index in [4.69, 9.17) is 10.2 Å². The van der Waals surface area contributed by atoms with Crippen molar-refractivity contribution in [3.05, 3.63) is 24.3 Å². The zero-order chi connectivity index (χ0) is 11.6. The fourth-order valence-electron chi connectivity index (χ4n) is 0.615. The van der Waals surface area contributed by atoms with Crippen molar-refractivity contribution >= 4 is 0 Å². The molecule has 0 aromatic carbocycles. The molecule has 2 nitrogen and oxygen atoms in total. The quantitative estimate of drug-likeness (QED) is 0.669. The van der Waals surface area contributed by atoms with E-state index in [2.05, 4.69) is 20.1 Å². The topological polar surface area (TPSA) is 40.5 Å². The number of hydrogen-bond donors (Lipinski definition) is 2. The average molecular weight is 200 g/mol. The predicted octanol–water partition coefficient (Wildman–Crippen LogP) is 2.53. The molecule has 0 aromatic heterocycles. The molecule has 0 rings (SSSR count). The van der Waals surface area contributed by atoms with E-state index < -0.39 is 0 Å². The molecule has 2 N–H and O–H groups in total. The molecule has 0 saturated carbocycles. The Kier molecular flexibility index (Phi) is 11.9. The number of aliphatic hydroxyl groups excluding tert-OH is 2. The van der Waals surface area contributed by atoms with Gasteiger partial charge in [-0.25, -0.2) is 0 Å². The van der Waals surface area contributed by atoms with Crippen molar-refractivity contribution in [2.45, 2.75) is 33.6 Å². The summed E-state index contributed by atoms with van der Waals surface area (Å²) in [6.45, 7) is 13.6. The summed E-state index contributed by atoms with van der Waals surface area (Å²) in [7, 11) is 0. The zero-order valence-electron chi connectivity index (χ0n) is 9.71. The SMILES string of the molecule is C=C(CO)C(C)C.C=C(CO)CCC. The van der Waals surface area contributed by atoms with Crippen LogP contribution in [0, 0.1) is 5.92 Å². The maximum atomic E-state index is 8.41. The molecule has 0 aliphatic heterocycles. The highest BCUT2D eigenvalue weighted by atomic mass is 16.3. The van der Waals surface area contributed by atoms with Gasteiger partial charge in [-0.3, -0.25) is 0 Å². The van der Waals surface area contributed by atoms with Crippen molar-refractivity contribution in [3.8, 4) is 0 Å². The van der Waals surface area contributed by atoms with Crippen molar-refractivity contribution in [2.24, 2.45) is 5.92 Å². The lowest BCUT2D eigenvalue weighted by atomic mass is 10.1. The Morgan fingerprint density at radius 2 is 1.64 bits per heavy atom. The van der Waals surface area contributed by atoms with Crippen LogP contribution in [0.1, 0.15) is 33.6 Å². The molecule has 0 fully saturated rings. The van der Waals surface area contributed by atoms with Gasteiger partial charge in [0.05, 0.1) is 13.2 Å². The van der Waals surface area contributed by atoms with E-state index in [9.17, 15) is 0 Å². The van der Waals surface area contributed by atoms with Crippen molar-refractivity contribution in [3.63, 3.8) is 0 Å². The second-order valence-electron chi connectivity index (χ2n) is 3.63. The second-order valence-corrected chi connectivity index (χ2v) is 3.63. The average Bonchev–Trinajstić information content (AvgIpc) is 2.17. The Bertz CT molecular complexity index is 160. The van der Waals surface area contributed by atoms with Crippen LogP contribution in [-0.4, -0.2) is 23.4 Å². The Labute approximate surface area is 88.0 Å². The number of aliphatic hydroxyl groups is 2. The lowest BCUT2D eigenvalue weighted by molar-refractivity contribution is 0.319. The monoisotopic (exact) mass is 200 g/mol. The Morgan fingerprint density at radius 1 is 1.14 bits per heavy atom. The van der Waals surface area contributed by atoms with Gasteiger partial charge in [0.1, 0.15) is 0 Å². The molecular formula is C12H24O2. The van der Waals surface area contributed by atoms with Crippen molar-refractivity contribution in [1.29, 1.82) is 0 Å². The first-order valence-electron chi connectivity index (χ1n) is 5.05. The Balaban J connectivity index is 0. The van der Waals surface area contributed by atoms with E-state index in [1.165, 1.54) is 0 Å². The maximum absolute atomic E-state index is 8.41. The molecule has 0 heterocycles. The van der Waals surface area contributed by atoms with Crippen LogP contribution in [0.3, 0.4) is 0 Å². The minimum Gasteiger partial charge on any atom is -0.392 e. The highest BCUT2D eigenvalue weighted by Crippen LogP contribution is 2.03. The smallest absolute Gasteiger partial charge is 0.0641 e. The first-order chi connectivity index (χ1) is 6.49. The largest absolute Gasteiger partial charge is 0.392 e. The van der Waals surface area contributed by atoms with Crippen molar-refractivity contribution in [2.75, 3.05) is 13.2 Å². The third-order valence-corrected chi connectivity index (χ3v) is 1.85. The summed E-state index contributed by atoms with van der Waals surface area (Å²) in [6.07, 6.45) is 2.04. The predicted molar refractivity (Wildman–Crippen MR) is 62.2 cm³/mol. The van der Waals surface area contributed by atoms with E-state index >= 15 is 0 Å². The van der Waals surface area contributed by atoms with Gasteiger partial charge in [0.25, 0.3) is 0 Å². The van der Waals surface area contributed by atoms with Crippen LogP contribution in [0.5, 0.6) is 0 Å². The molecule has 0 atom stereocenters. The normalized spacial score (nSPS) is 9.29. The lowest BCUT2D eigenvalue weighted by Gasteiger charge is -2.02. The zero-order valence-corrected chi connectivity index (χ0v) is 9.71. The molecular weight excluding hydrogens is 176 g/mol. The molecule has 0 aliphatic rings. The minimum atomic E-state index is 0.123. The van der Waals surface area contributed by atoms with Gasteiger partial charge in [0.2, 0.25) is 0 Å². The van der Waals surface area contributed by atoms with Crippen LogP contribution in [0.4, 0.5) is 0 Å². The van der Waals surface area contributed by atoms with Gasteiger partial charge >= 0.3 is 0 Å². The van der Waals surface area contributed by atoms with E-state index in [0.29, 0.717) is 5.92 Å². The first-order valence-corrected chi connectivity index (χ1v) is 5.05. The number of rotatable bonds is 5. The van der Waals surface area contributed by atoms with Crippen LogP contribution >= 0.6 is 0 Å². The minimum absolute atomic E-state index is 0.123. The molecule has 0 bridgehead atoms. The van der Waals surface area contributed by atoms with Crippen molar-refractivity contribution < 1.29 is 10.2 Å². The fourth-order valence-corrected chi connectivity index (χ4v) is 0.615. The standard InChI is InChI=1S/2C6H12O/c1-5(2)6(3)4-7;1-3-4-6(2)5-7/h5,7H,3-4H2,1-2H3;7H,2-5H2,1H3. The summed E-state index contributed by atoms with van der Waals surface area (Å²) in [6, 6.07) is 0. The van der Waals surface area contributed by atoms with Crippen LogP contribution in [0.2, 0.25) is 0 Å². The van der Waals surface area contributed by atoms with E-state index in [1.807, 2.05) is 13.8 Å². The highest BCUT2D eigenvalue weighted by Gasteiger charge is 1.94. The van der Waals surface area contributed by atoms with E-state index in [1.54, 1.807) is 0 Å². The third-order valence-electron chi connectivity index (χ3n) is 1.85. The molecule has 0 spiro atoms. The second kappa shape index (κ2) is 10.5. The van der Waals surface area contributed by atoms with Gasteiger partial charge in [-0.15, -0.1) is 0 Å². The molecule has 0 unspecified atom stereocenters. The maximum Gasteiger partial charge on any atom is 0.0641 e. The van der Waals surface area contributed by atoms with Gasteiger partial charge in [-0.05, 0) is 17.9 Å². The molecule has 2 heteroatoms. The molecule has 0 saturated heterocycles. The van der Waals surface area contributed by atoms with Crippen LogP contribution in [0.15, 0.2) is 24.3 Å². The summed E-state index contributed by atoms with van der Waals surface area (Å²) in [5.74, 6) is 0.421. The lowest BCUT2D eigenvalue weighted by Crippen LogP contribution is -1.95. The van der Waals surface area contributed by atoms with Gasteiger partial charge < -0.3 is 10.2 Å². The summed E-state index contributed by atoms with van der Waals surface area (Å²) < 4.78 is 0. The highest BCUT2D eigenvalue weighted by molar-refractivity contribution is 4.96. The number of hydrogen-bond acceptors (Lipinski definition) is 2. The molecule has 84 valence electrons. The summed E-state index contributed by atoms with van der Waals surface area (Å²) in [4.78, 5) is 0. The molecule has 0 amide bonds. The molecule has 0 radical (unpaired) electrons. The van der Waals surface area contributed by atoms with Gasteiger partial charge in [-0.2, -0.15) is 0 Å². The summed E-state index contributed by atoms with van der Waals surface area (Å²) in [5, 5.41) is 16.8. The van der Waals surface area contributed by atoms with E-state index in [-0.39, 0.29) is 13.2 Å². The van der Waals surface area contributed by atoms with Gasteiger partial charge in [0, 0.05) is 0 Å². The molecule has 14 heavy (non-hydrogen) atoms.